The maximum absolute atomic E-state index is 11.6. The molecular formula is C19H12N2O. The van der Waals surface area contributed by atoms with Crippen molar-refractivity contribution in [1.29, 1.82) is 5.26 Å². The maximum Gasteiger partial charge on any atom is 0.160 e. The second-order valence-corrected chi connectivity index (χ2v) is 5.56. The summed E-state index contributed by atoms with van der Waals surface area (Å²) in [5.74, 6) is 0.132. The van der Waals surface area contributed by atoms with E-state index >= 15 is 0 Å². The first-order chi connectivity index (χ1) is 10.7. The van der Waals surface area contributed by atoms with Crippen LogP contribution in [0.1, 0.15) is 12.0 Å². The topological polar surface area (TPSA) is 66.9 Å². The molecule has 3 heteroatoms. The number of nitrogens with two attached hydrogens (primary N) is 1. The molecule has 3 aromatic rings. The van der Waals surface area contributed by atoms with Gasteiger partial charge in [0.25, 0.3) is 0 Å². The summed E-state index contributed by atoms with van der Waals surface area (Å²) >= 11 is 0. The standard InChI is InChI=1S/C19H12N2O/c20-10-15-8-18-13(9-19(15)21)2-1-12-5-14-6-16(22)4-3-11(14)7-17(12)18/h1-3,5-9H,4,21H2. The zero-order valence-corrected chi connectivity index (χ0v) is 11.8. The maximum atomic E-state index is 11.6. The SMILES string of the molecule is N#Cc1cc2c(ccc3cc4c(cc32)=CCC(=O)C=4)cc1N. The smallest absolute Gasteiger partial charge is 0.160 e. The third kappa shape index (κ3) is 1.78. The summed E-state index contributed by atoms with van der Waals surface area (Å²) in [7, 11) is 0. The van der Waals surface area contributed by atoms with Gasteiger partial charge in [-0.15, -0.1) is 0 Å². The van der Waals surface area contributed by atoms with Gasteiger partial charge in [-0.2, -0.15) is 5.26 Å². The molecule has 0 bridgehead atoms. The Bertz CT molecular complexity index is 1130. The third-order valence-corrected chi connectivity index (χ3v) is 4.17. The number of Topliss-reactive ketones (excluding diaryl/α,β-unsaturated/α-hetero) is 1. The number of benzene rings is 3. The molecular weight excluding hydrogens is 272 g/mol. The average molecular weight is 284 g/mol. The van der Waals surface area contributed by atoms with Gasteiger partial charge in [0.15, 0.2) is 5.78 Å². The zero-order chi connectivity index (χ0) is 15.3. The number of nitrogens with zero attached hydrogens (tertiary/aromatic N) is 1. The van der Waals surface area contributed by atoms with Gasteiger partial charge in [-0.1, -0.05) is 18.2 Å². The van der Waals surface area contributed by atoms with Crippen LogP contribution < -0.4 is 16.2 Å². The summed E-state index contributed by atoms with van der Waals surface area (Å²) in [6, 6.07) is 14.0. The molecule has 1 aliphatic rings. The molecule has 0 aliphatic heterocycles. The molecule has 0 aromatic heterocycles. The van der Waals surface area contributed by atoms with E-state index in [4.69, 9.17) is 5.73 Å². The second kappa shape index (κ2) is 4.44. The predicted molar refractivity (Wildman–Crippen MR) is 88.4 cm³/mol. The Kier molecular flexibility index (Phi) is 2.54. The van der Waals surface area contributed by atoms with E-state index in [1.54, 1.807) is 6.08 Å². The van der Waals surface area contributed by atoms with E-state index in [1.165, 1.54) is 0 Å². The number of anilines is 1. The number of fused-ring (bicyclic) bond motifs is 4. The van der Waals surface area contributed by atoms with E-state index in [1.807, 2.05) is 36.4 Å². The highest BCUT2D eigenvalue weighted by Crippen LogP contribution is 2.27. The van der Waals surface area contributed by atoms with Crippen LogP contribution in [0.3, 0.4) is 0 Å². The van der Waals surface area contributed by atoms with Gasteiger partial charge in [0.2, 0.25) is 0 Å². The summed E-state index contributed by atoms with van der Waals surface area (Å²) in [5.41, 5.74) is 6.88. The van der Waals surface area contributed by atoms with Crippen LogP contribution in [0.15, 0.2) is 36.4 Å². The summed E-state index contributed by atoms with van der Waals surface area (Å²) in [5, 5.41) is 15.4. The van der Waals surface area contributed by atoms with Crippen LogP contribution in [0.5, 0.6) is 0 Å². The summed E-state index contributed by atoms with van der Waals surface area (Å²) < 4.78 is 0. The van der Waals surface area contributed by atoms with Gasteiger partial charge < -0.3 is 5.73 Å². The second-order valence-electron chi connectivity index (χ2n) is 5.56. The molecule has 1 aliphatic carbocycles. The number of ketones is 1. The number of hydrogen-bond acceptors (Lipinski definition) is 3. The number of hydrogen-bond donors (Lipinski definition) is 1. The van der Waals surface area contributed by atoms with Crippen LogP contribution >= 0.6 is 0 Å². The molecule has 3 nitrogen and oxygen atoms in total. The lowest BCUT2D eigenvalue weighted by atomic mass is 9.96. The first kappa shape index (κ1) is 12.6. The number of carbonyl (C=O) groups excluding carboxylic acids is 1. The van der Waals surface area contributed by atoms with Crippen molar-refractivity contribution in [3.8, 4) is 6.07 Å². The Morgan fingerprint density at radius 2 is 1.73 bits per heavy atom. The number of nitrogen functional groups attached to an aromatic ring is 1. The minimum absolute atomic E-state index is 0.132. The summed E-state index contributed by atoms with van der Waals surface area (Å²) in [4.78, 5) is 11.6. The van der Waals surface area contributed by atoms with Crippen molar-refractivity contribution in [3.63, 3.8) is 0 Å². The van der Waals surface area contributed by atoms with Gasteiger partial charge >= 0.3 is 0 Å². The van der Waals surface area contributed by atoms with E-state index in [0.717, 1.165) is 32.0 Å². The van der Waals surface area contributed by atoms with Gasteiger partial charge in [-0.3, -0.25) is 4.79 Å². The molecule has 104 valence electrons. The van der Waals surface area contributed by atoms with Crippen LogP contribution in [0.2, 0.25) is 0 Å². The molecule has 0 saturated carbocycles. The van der Waals surface area contributed by atoms with Crippen molar-refractivity contribution in [2.45, 2.75) is 6.42 Å². The monoisotopic (exact) mass is 284 g/mol. The molecule has 22 heavy (non-hydrogen) atoms. The molecule has 0 spiro atoms. The molecule has 0 radical (unpaired) electrons. The molecule has 3 aromatic carbocycles. The van der Waals surface area contributed by atoms with E-state index in [0.29, 0.717) is 17.7 Å². The van der Waals surface area contributed by atoms with Crippen molar-refractivity contribution < 1.29 is 4.79 Å². The Balaban J connectivity index is 2.19. The first-order valence-electron chi connectivity index (χ1n) is 7.06. The van der Waals surface area contributed by atoms with E-state index in [2.05, 4.69) is 12.1 Å². The molecule has 2 N–H and O–H groups in total. The quantitative estimate of drug-likeness (QED) is 0.507. The number of carbonyl (C=O) groups is 1. The van der Waals surface area contributed by atoms with Crippen molar-refractivity contribution in [1.82, 2.24) is 0 Å². The Morgan fingerprint density at radius 1 is 1.00 bits per heavy atom. The molecule has 0 unspecified atom stereocenters. The van der Waals surface area contributed by atoms with Crippen molar-refractivity contribution >= 4 is 45.2 Å². The Morgan fingerprint density at radius 3 is 2.50 bits per heavy atom. The third-order valence-electron chi connectivity index (χ3n) is 4.17. The van der Waals surface area contributed by atoms with Gasteiger partial charge in [0.05, 0.1) is 11.3 Å². The van der Waals surface area contributed by atoms with E-state index < -0.39 is 0 Å². The zero-order valence-electron chi connectivity index (χ0n) is 11.8. The first-order valence-corrected chi connectivity index (χ1v) is 7.06. The molecule has 0 fully saturated rings. The highest BCUT2D eigenvalue weighted by Gasteiger charge is 2.08. The van der Waals surface area contributed by atoms with Gasteiger partial charge in [-0.25, -0.2) is 0 Å². The van der Waals surface area contributed by atoms with E-state index in [9.17, 15) is 10.1 Å². The normalized spacial score (nSPS) is 13.3. The summed E-state index contributed by atoms with van der Waals surface area (Å²) in [6.45, 7) is 0. The van der Waals surface area contributed by atoms with Gasteiger partial charge in [0.1, 0.15) is 6.07 Å². The fraction of sp³-hybridized carbons (Fsp3) is 0.0526. The Labute approximate surface area is 126 Å². The lowest BCUT2D eigenvalue weighted by Gasteiger charge is -2.08. The largest absolute Gasteiger partial charge is 0.398 e. The highest BCUT2D eigenvalue weighted by molar-refractivity contribution is 6.12. The van der Waals surface area contributed by atoms with Crippen LogP contribution in [0.25, 0.3) is 33.7 Å². The van der Waals surface area contributed by atoms with E-state index in [-0.39, 0.29) is 5.78 Å². The lowest BCUT2D eigenvalue weighted by Crippen LogP contribution is -2.28. The van der Waals surface area contributed by atoms with Crippen molar-refractivity contribution in [3.05, 3.63) is 52.4 Å². The van der Waals surface area contributed by atoms with Crippen molar-refractivity contribution in [2.75, 3.05) is 5.73 Å². The fourth-order valence-corrected chi connectivity index (χ4v) is 3.05. The number of nitriles is 1. The molecule has 0 saturated heterocycles. The minimum atomic E-state index is 0.132. The van der Waals surface area contributed by atoms with Gasteiger partial charge in [0, 0.05) is 6.42 Å². The fourth-order valence-electron chi connectivity index (χ4n) is 3.05. The molecule has 0 heterocycles. The predicted octanol–water partition coefficient (Wildman–Crippen LogP) is 1.98. The highest BCUT2D eigenvalue weighted by atomic mass is 16.1. The van der Waals surface area contributed by atoms with Gasteiger partial charge in [-0.05, 0) is 62.3 Å². The molecule has 0 atom stereocenters. The van der Waals surface area contributed by atoms with Crippen LogP contribution in [-0.2, 0) is 4.79 Å². The minimum Gasteiger partial charge on any atom is -0.398 e. The molecule has 0 amide bonds. The summed E-state index contributed by atoms with van der Waals surface area (Å²) in [6.07, 6.45) is 4.10. The molecule has 4 rings (SSSR count). The lowest BCUT2D eigenvalue weighted by molar-refractivity contribution is -0.112. The average Bonchev–Trinajstić information content (AvgIpc) is 2.52. The Hall–Kier alpha value is -3.12. The van der Waals surface area contributed by atoms with Crippen LogP contribution in [0, 0.1) is 11.3 Å². The van der Waals surface area contributed by atoms with Crippen molar-refractivity contribution in [2.24, 2.45) is 0 Å². The number of rotatable bonds is 0. The van der Waals surface area contributed by atoms with Crippen LogP contribution in [-0.4, -0.2) is 5.78 Å². The van der Waals surface area contributed by atoms with Crippen LogP contribution in [0.4, 0.5) is 5.69 Å².